The lowest BCUT2D eigenvalue weighted by atomic mass is 9.41. The zero-order valence-corrected chi connectivity index (χ0v) is 19.2. The Labute approximate surface area is 173 Å². The number of aliphatic hydroxyl groups excluding tert-OH is 2. The van der Waals surface area contributed by atoms with Crippen molar-refractivity contribution in [1.82, 2.24) is 0 Å². The van der Waals surface area contributed by atoms with Gasteiger partial charge in [0.25, 0.3) is 0 Å². The van der Waals surface area contributed by atoms with Crippen LogP contribution in [-0.2, 0) is 0 Å². The Morgan fingerprint density at radius 2 is 1.57 bits per heavy atom. The van der Waals surface area contributed by atoms with E-state index in [1.807, 2.05) is 0 Å². The molecule has 1 unspecified atom stereocenters. The van der Waals surface area contributed by atoms with Gasteiger partial charge in [-0.25, -0.2) is 0 Å². The summed E-state index contributed by atoms with van der Waals surface area (Å²) in [4.78, 5) is 0. The van der Waals surface area contributed by atoms with Crippen molar-refractivity contribution in [2.75, 3.05) is 0 Å². The van der Waals surface area contributed by atoms with Crippen LogP contribution in [0.1, 0.15) is 98.8 Å². The number of fused-ring (bicyclic) bond motifs is 5. The van der Waals surface area contributed by atoms with Crippen LogP contribution in [0.15, 0.2) is 0 Å². The van der Waals surface area contributed by atoms with Crippen LogP contribution >= 0.6 is 0 Å². The lowest BCUT2D eigenvalue weighted by Crippen LogP contribution is -2.62. The number of hydrogen-bond donors (Lipinski definition) is 2. The number of hydrogen-bond acceptors (Lipinski definition) is 2. The van der Waals surface area contributed by atoms with Crippen molar-refractivity contribution in [3.8, 4) is 0 Å². The monoisotopic (exact) mass is 390 g/mol. The Balaban J connectivity index is 1.67. The van der Waals surface area contributed by atoms with Gasteiger partial charge in [-0.3, -0.25) is 0 Å². The molecule has 4 fully saturated rings. The molecule has 2 heteroatoms. The van der Waals surface area contributed by atoms with Gasteiger partial charge in [0.15, 0.2) is 0 Å². The van der Waals surface area contributed by atoms with Crippen LogP contribution in [0.25, 0.3) is 0 Å². The molecule has 0 spiro atoms. The van der Waals surface area contributed by atoms with Gasteiger partial charge in [-0.05, 0) is 97.2 Å². The molecule has 0 saturated heterocycles. The van der Waals surface area contributed by atoms with Gasteiger partial charge in [0, 0.05) is 0 Å². The topological polar surface area (TPSA) is 40.5 Å². The molecule has 0 aromatic carbocycles. The molecule has 0 aliphatic heterocycles. The highest BCUT2D eigenvalue weighted by atomic mass is 16.3. The second-order valence-electron chi connectivity index (χ2n) is 11.9. The van der Waals surface area contributed by atoms with Crippen molar-refractivity contribution in [2.45, 2.75) is 111 Å². The molecular formula is C26H46O2. The fraction of sp³-hybridized carbons (Fsp3) is 1.00. The smallest absolute Gasteiger partial charge is 0.0605 e. The normalized spacial score (nSPS) is 54.5. The van der Waals surface area contributed by atoms with E-state index in [4.69, 9.17) is 0 Å². The zero-order chi connectivity index (χ0) is 20.3. The molecule has 28 heavy (non-hydrogen) atoms. The maximum atomic E-state index is 11.7. The Morgan fingerprint density at radius 3 is 2.25 bits per heavy atom. The van der Waals surface area contributed by atoms with Gasteiger partial charge >= 0.3 is 0 Å². The fourth-order valence-electron chi connectivity index (χ4n) is 9.59. The summed E-state index contributed by atoms with van der Waals surface area (Å²) in [5, 5.41) is 22.1. The lowest BCUT2D eigenvalue weighted by Gasteiger charge is -2.64. The van der Waals surface area contributed by atoms with E-state index >= 15 is 0 Å². The molecule has 0 heterocycles. The van der Waals surface area contributed by atoms with Gasteiger partial charge < -0.3 is 10.2 Å². The first-order valence-corrected chi connectivity index (χ1v) is 12.6. The highest BCUT2D eigenvalue weighted by molar-refractivity contribution is 5.13. The summed E-state index contributed by atoms with van der Waals surface area (Å²) in [6.45, 7) is 12.3. The summed E-state index contributed by atoms with van der Waals surface area (Å²) >= 11 is 0. The molecular weight excluding hydrogens is 344 g/mol. The van der Waals surface area contributed by atoms with E-state index in [0.717, 1.165) is 31.1 Å². The van der Waals surface area contributed by atoms with Gasteiger partial charge in [-0.1, -0.05) is 53.9 Å². The van der Waals surface area contributed by atoms with Gasteiger partial charge in [-0.2, -0.15) is 0 Å². The molecule has 162 valence electrons. The minimum atomic E-state index is -0.150. The minimum Gasteiger partial charge on any atom is -0.393 e. The van der Waals surface area contributed by atoms with Crippen molar-refractivity contribution in [1.29, 1.82) is 0 Å². The van der Waals surface area contributed by atoms with Crippen LogP contribution in [0, 0.1) is 52.3 Å². The third kappa shape index (κ3) is 2.95. The second-order valence-corrected chi connectivity index (χ2v) is 11.9. The van der Waals surface area contributed by atoms with E-state index in [-0.39, 0.29) is 12.2 Å². The van der Waals surface area contributed by atoms with E-state index in [2.05, 4.69) is 34.6 Å². The van der Waals surface area contributed by atoms with E-state index in [9.17, 15) is 10.2 Å². The van der Waals surface area contributed by atoms with Crippen molar-refractivity contribution in [3.63, 3.8) is 0 Å². The molecule has 4 saturated carbocycles. The van der Waals surface area contributed by atoms with Gasteiger partial charge in [0.1, 0.15) is 0 Å². The molecule has 4 aliphatic carbocycles. The average molecular weight is 391 g/mol. The van der Waals surface area contributed by atoms with Crippen LogP contribution in [0.2, 0.25) is 0 Å². The van der Waals surface area contributed by atoms with Crippen molar-refractivity contribution in [2.24, 2.45) is 52.3 Å². The third-order valence-corrected chi connectivity index (χ3v) is 10.9. The van der Waals surface area contributed by atoms with Crippen LogP contribution in [-0.4, -0.2) is 22.4 Å². The highest BCUT2D eigenvalue weighted by Crippen LogP contribution is 2.69. The third-order valence-electron chi connectivity index (χ3n) is 10.9. The number of aliphatic hydroxyl groups is 2. The van der Waals surface area contributed by atoms with E-state index in [0.29, 0.717) is 40.4 Å². The summed E-state index contributed by atoms with van der Waals surface area (Å²) in [6.07, 6.45) is 11.9. The van der Waals surface area contributed by atoms with Crippen LogP contribution < -0.4 is 0 Å². The molecule has 4 aliphatic rings. The highest BCUT2D eigenvalue weighted by Gasteiger charge is 2.64. The Kier molecular flexibility index (Phi) is 5.71. The van der Waals surface area contributed by atoms with Crippen LogP contribution in [0.3, 0.4) is 0 Å². The number of rotatable bonds is 4. The van der Waals surface area contributed by atoms with E-state index in [1.54, 1.807) is 0 Å². The molecule has 11 atom stereocenters. The Hall–Kier alpha value is -0.0800. The summed E-state index contributed by atoms with van der Waals surface area (Å²) in [5.74, 6) is 4.45. The molecule has 0 bridgehead atoms. The predicted molar refractivity (Wildman–Crippen MR) is 116 cm³/mol. The van der Waals surface area contributed by atoms with Crippen molar-refractivity contribution in [3.05, 3.63) is 0 Å². The molecule has 0 radical (unpaired) electrons. The largest absolute Gasteiger partial charge is 0.393 e. The molecule has 4 rings (SSSR count). The Morgan fingerprint density at radius 1 is 0.893 bits per heavy atom. The van der Waals surface area contributed by atoms with E-state index in [1.165, 1.54) is 44.9 Å². The van der Waals surface area contributed by atoms with Gasteiger partial charge in [0.05, 0.1) is 12.2 Å². The summed E-state index contributed by atoms with van der Waals surface area (Å²) < 4.78 is 0. The quantitative estimate of drug-likeness (QED) is 0.613. The molecule has 0 aromatic heterocycles. The second kappa shape index (κ2) is 7.56. The molecule has 0 amide bonds. The maximum absolute atomic E-state index is 11.7. The van der Waals surface area contributed by atoms with E-state index < -0.39 is 0 Å². The summed E-state index contributed by atoms with van der Waals surface area (Å²) in [6, 6.07) is 0. The minimum absolute atomic E-state index is 0.143. The summed E-state index contributed by atoms with van der Waals surface area (Å²) in [5.41, 5.74) is 0.769. The molecule has 0 aromatic rings. The van der Waals surface area contributed by atoms with Crippen LogP contribution in [0.5, 0.6) is 0 Å². The first-order valence-electron chi connectivity index (χ1n) is 12.6. The molecule has 2 nitrogen and oxygen atoms in total. The first kappa shape index (κ1) is 21.2. The van der Waals surface area contributed by atoms with Crippen LogP contribution in [0.4, 0.5) is 0 Å². The maximum Gasteiger partial charge on any atom is 0.0605 e. The standard InChI is InChI=1S/C26H46O2/c1-6-8-16(3)19-9-10-20-23-21(12-14-25(19,20)4)26(5)13-11-17(27)15-22(26)18(7-2)24(23)28/h16-24,27-28H,6-15H2,1-5H3/t16-,17-,18-,19?,20+,21+,22+,23+,24-,25-,26-/m1/s1. The van der Waals surface area contributed by atoms with Crippen molar-refractivity contribution >= 4 is 0 Å². The zero-order valence-electron chi connectivity index (χ0n) is 19.2. The SMILES string of the molecule is CCC[C@@H](C)C1CC[C@H]2[C@@H]3[C@H](O)[C@H](CC)[C@@H]4C[C@H](O)CC[C@]4(C)[C@H]3CC[C@]12C. The van der Waals surface area contributed by atoms with Gasteiger partial charge in [-0.15, -0.1) is 0 Å². The molecule has 2 N–H and O–H groups in total. The summed E-state index contributed by atoms with van der Waals surface area (Å²) in [7, 11) is 0. The Bertz CT molecular complexity index is 561. The average Bonchev–Trinajstić information content (AvgIpc) is 3.01. The first-order chi connectivity index (χ1) is 13.3. The predicted octanol–water partition coefficient (Wildman–Crippen LogP) is 6.05. The van der Waals surface area contributed by atoms with Crippen molar-refractivity contribution < 1.29 is 10.2 Å². The lowest BCUT2D eigenvalue weighted by molar-refractivity contribution is -0.203. The fourth-order valence-corrected chi connectivity index (χ4v) is 9.59. The van der Waals surface area contributed by atoms with Gasteiger partial charge in [0.2, 0.25) is 0 Å².